The van der Waals surface area contributed by atoms with Crippen molar-refractivity contribution in [3.63, 3.8) is 0 Å². The monoisotopic (exact) mass is 157 g/mol. The topological polar surface area (TPSA) is 49.3 Å². The van der Waals surface area contributed by atoms with Crippen LogP contribution < -0.4 is 5.32 Å². The maximum atomic E-state index is 10.8. The third-order valence-corrected chi connectivity index (χ3v) is 2.48. The lowest BCUT2D eigenvalue weighted by Gasteiger charge is -2.37. The predicted molar refractivity (Wildman–Crippen MR) is 42.5 cm³/mol. The van der Waals surface area contributed by atoms with Crippen LogP contribution in [0.3, 0.4) is 0 Å². The molecule has 0 aromatic heterocycles. The van der Waals surface area contributed by atoms with Crippen molar-refractivity contribution in [2.24, 2.45) is 5.41 Å². The van der Waals surface area contributed by atoms with Crippen LogP contribution in [0.1, 0.15) is 26.2 Å². The average molecular weight is 157 g/mol. The zero-order valence-corrected chi connectivity index (χ0v) is 6.89. The van der Waals surface area contributed by atoms with E-state index in [9.17, 15) is 4.79 Å². The summed E-state index contributed by atoms with van der Waals surface area (Å²) in [6, 6.07) is 0. The van der Waals surface area contributed by atoms with E-state index >= 15 is 0 Å². The minimum atomic E-state index is -0.635. The zero-order chi connectivity index (χ0) is 8.32. The number of carbonyl (C=O) groups is 1. The van der Waals surface area contributed by atoms with Gasteiger partial charge >= 0.3 is 5.97 Å². The fourth-order valence-electron chi connectivity index (χ4n) is 1.43. The van der Waals surface area contributed by atoms with Gasteiger partial charge < -0.3 is 10.4 Å². The van der Waals surface area contributed by atoms with E-state index in [0.717, 1.165) is 25.8 Å². The van der Waals surface area contributed by atoms with Crippen molar-refractivity contribution in [3.05, 3.63) is 0 Å². The molecule has 0 heterocycles. The molecule has 0 unspecified atom stereocenters. The maximum absolute atomic E-state index is 10.8. The molecule has 0 atom stereocenters. The van der Waals surface area contributed by atoms with Crippen LogP contribution in [0.15, 0.2) is 0 Å². The van der Waals surface area contributed by atoms with Crippen LogP contribution in [0.5, 0.6) is 0 Å². The molecule has 0 bridgehead atoms. The van der Waals surface area contributed by atoms with Crippen LogP contribution >= 0.6 is 0 Å². The van der Waals surface area contributed by atoms with Crippen molar-refractivity contribution in [3.8, 4) is 0 Å². The molecule has 0 aromatic carbocycles. The Hall–Kier alpha value is -0.570. The molecule has 0 aromatic rings. The number of hydrogen-bond donors (Lipinski definition) is 2. The van der Waals surface area contributed by atoms with Crippen molar-refractivity contribution in [2.45, 2.75) is 26.2 Å². The van der Waals surface area contributed by atoms with Gasteiger partial charge in [0.1, 0.15) is 0 Å². The summed E-state index contributed by atoms with van der Waals surface area (Å²) in [5.74, 6) is -0.635. The molecule has 0 aliphatic heterocycles. The number of nitrogens with one attached hydrogen (secondary N) is 1. The molecule has 2 N–H and O–H groups in total. The lowest BCUT2D eigenvalue weighted by Crippen LogP contribution is -2.46. The predicted octanol–water partition coefficient (Wildman–Crippen LogP) is 0.851. The molecule has 1 fully saturated rings. The van der Waals surface area contributed by atoms with Gasteiger partial charge in [0, 0.05) is 6.54 Å². The quantitative estimate of drug-likeness (QED) is 0.636. The Morgan fingerprint density at radius 3 is 2.55 bits per heavy atom. The van der Waals surface area contributed by atoms with Crippen molar-refractivity contribution in [1.29, 1.82) is 0 Å². The van der Waals surface area contributed by atoms with Gasteiger partial charge in [-0.2, -0.15) is 0 Å². The molecule has 1 aliphatic rings. The summed E-state index contributed by atoms with van der Waals surface area (Å²) < 4.78 is 0. The Kier molecular flexibility index (Phi) is 2.49. The summed E-state index contributed by atoms with van der Waals surface area (Å²) in [4.78, 5) is 10.8. The van der Waals surface area contributed by atoms with Crippen molar-refractivity contribution in [1.82, 2.24) is 5.32 Å². The van der Waals surface area contributed by atoms with Crippen LogP contribution in [0.25, 0.3) is 0 Å². The van der Waals surface area contributed by atoms with E-state index in [1.165, 1.54) is 0 Å². The summed E-state index contributed by atoms with van der Waals surface area (Å²) in [6.07, 6.45) is 2.75. The second-order valence-electron chi connectivity index (χ2n) is 3.22. The molecule has 1 saturated carbocycles. The van der Waals surface area contributed by atoms with E-state index in [-0.39, 0.29) is 0 Å². The lowest BCUT2D eigenvalue weighted by atomic mass is 9.69. The largest absolute Gasteiger partial charge is 0.481 e. The molecule has 1 aliphatic carbocycles. The minimum Gasteiger partial charge on any atom is -0.481 e. The second kappa shape index (κ2) is 3.22. The number of hydrogen-bond acceptors (Lipinski definition) is 2. The highest BCUT2D eigenvalue weighted by Crippen LogP contribution is 2.40. The highest BCUT2D eigenvalue weighted by atomic mass is 16.4. The Balaban J connectivity index is 2.40. The number of carboxylic acids is 1. The normalized spacial score (nSPS) is 20.8. The van der Waals surface area contributed by atoms with Crippen molar-refractivity contribution in [2.75, 3.05) is 13.1 Å². The number of carboxylic acid groups (broad SMARTS) is 1. The molecule has 64 valence electrons. The van der Waals surface area contributed by atoms with Crippen molar-refractivity contribution >= 4 is 5.97 Å². The fraction of sp³-hybridized carbons (Fsp3) is 0.875. The summed E-state index contributed by atoms with van der Waals surface area (Å²) in [5.41, 5.74) is -0.421. The standard InChI is InChI=1S/C8H15NO2/c1-2-9-6-8(7(10)11)4-3-5-8/h9H,2-6H2,1H3,(H,10,11). The summed E-state index contributed by atoms with van der Waals surface area (Å²) in [5, 5.41) is 12.0. The molecule has 0 radical (unpaired) electrons. The SMILES string of the molecule is CCNCC1(C(=O)O)CCC1. The van der Waals surface area contributed by atoms with E-state index in [4.69, 9.17) is 5.11 Å². The van der Waals surface area contributed by atoms with Crippen LogP contribution in [0.2, 0.25) is 0 Å². The van der Waals surface area contributed by atoms with E-state index in [1.54, 1.807) is 0 Å². The fourth-order valence-corrected chi connectivity index (χ4v) is 1.43. The Morgan fingerprint density at radius 2 is 2.27 bits per heavy atom. The van der Waals surface area contributed by atoms with Crippen LogP contribution in [0.4, 0.5) is 0 Å². The van der Waals surface area contributed by atoms with Gasteiger partial charge in [-0.1, -0.05) is 13.3 Å². The van der Waals surface area contributed by atoms with Gasteiger partial charge in [-0.25, -0.2) is 0 Å². The molecule has 0 amide bonds. The molecule has 1 rings (SSSR count). The van der Waals surface area contributed by atoms with Gasteiger partial charge in [-0.3, -0.25) is 4.79 Å². The smallest absolute Gasteiger partial charge is 0.310 e. The summed E-state index contributed by atoms with van der Waals surface area (Å²) in [6.45, 7) is 3.49. The minimum absolute atomic E-state index is 0.421. The Labute approximate surface area is 66.8 Å². The first-order valence-electron chi connectivity index (χ1n) is 4.15. The van der Waals surface area contributed by atoms with E-state index in [2.05, 4.69) is 5.32 Å². The highest BCUT2D eigenvalue weighted by molar-refractivity contribution is 5.76. The first kappa shape index (κ1) is 8.53. The van der Waals surface area contributed by atoms with Crippen LogP contribution in [-0.2, 0) is 4.79 Å². The lowest BCUT2D eigenvalue weighted by molar-refractivity contribution is -0.154. The van der Waals surface area contributed by atoms with Crippen LogP contribution in [-0.4, -0.2) is 24.2 Å². The Morgan fingerprint density at radius 1 is 1.64 bits per heavy atom. The first-order valence-corrected chi connectivity index (χ1v) is 4.15. The van der Waals surface area contributed by atoms with Gasteiger partial charge in [0.05, 0.1) is 5.41 Å². The zero-order valence-electron chi connectivity index (χ0n) is 6.89. The van der Waals surface area contributed by atoms with Gasteiger partial charge in [0.2, 0.25) is 0 Å². The average Bonchev–Trinajstić information content (AvgIpc) is 1.85. The number of rotatable bonds is 4. The molecule has 3 heteroatoms. The first-order chi connectivity index (χ1) is 5.21. The molecular weight excluding hydrogens is 142 g/mol. The van der Waals surface area contributed by atoms with Gasteiger partial charge in [-0.05, 0) is 19.4 Å². The number of aliphatic carboxylic acids is 1. The summed E-state index contributed by atoms with van der Waals surface area (Å²) >= 11 is 0. The maximum Gasteiger partial charge on any atom is 0.310 e. The second-order valence-corrected chi connectivity index (χ2v) is 3.22. The van der Waals surface area contributed by atoms with Crippen molar-refractivity contribution < 1.29 is 9.90 Å². The van der Waals surface area contributed by atoms with E-state index < -0.39 is 11.4 Å². The summed E-state index contributed by atoms with van der Waals surface area (Å²) in [7, 11) is 0. The van der Waals surface area contributed by atoms with E-state index in [0.29, 0.717) is 6.54 Å². The van der Waals surface area contributed by atoms with Gasteiger partial charge in [0.25, 0.3) is 0 Å². The highest BCUT2D eigenvalue weighted by Gasteiger charge is 2.43. The Bertz CT molecular complexity index is 152. The molecule has 3 nitrogen and oxygen atoms in total. The van der Waals surface area contributed by atoms with Crippen LogP contribution in [0, 0.1) is 5.41 Å². The molecular formula is C8H15NO2. The molecule has 0 spiro atoms. The third-order valence-electron chi connectivity index (χ3n) is 2.48. The third kappa shape index (κ3) is 1.53. The van der Waals surface area contributed by atoms with Gasteiger partial charge in [0.15, 0.2) is 0 Å². The van der Waals surface area contributed by atoms with E-state index in [1.807, 2.05) is 6.92 Å². The molecule has 0 saturated heterocycles. The molecule has 11 heavy (non-hydrogen) atoms. The van der Waals surface area contributed by atoms with Gasteiger partial charge in [-0.15, -0.1) is 0 Å².